The maximum absolute atomic E-state index is 13.9. The number of ether oxygens (including phenoxy) is 2. The van der Waals surface area contributed by atoms with E-state index >= 15 is 0 Å². The van der Waals surface area contributed by atoms with Gasteiger partial charge < -0.3 is 14.8 Å². The third-order valence-electron chi connectivity index (χ3n) is 7.12. The number of carbonyl (C=O) groups excluding carboxylic acids is 2. The van der Waals surface area contributed by atoms with Crippen LogP contribution in [0.2, 0.25) is 5.02 Å². The van der Waals surface area contributed by atoms with Crippen molar-refractivity contribution in [1.29, 1.82) is 0 Å². The van der Waals surface area contributed by atoms with Gasteiger partial charge in [-0.05, 0) is 47.5 Å². The van der Waals surface area contributed by atoms with Crippen LogP contribution >= 0.6 is 23.4 Å². The summed E-state index contributed by atoms with van der Waals surface area (Å²) in [6.07, 6.45) is 3.35. The van der Waals surface area contributed by atoms with E-state index in [0.29, 0.717) is 34.6 Å². The first kappa shape index (κ1) is 28.1. The maximum Gasteiger partial charge on any atom is 0.240 e. The van der Waals surface area contributed by atoms with Gasteiger partial charge in [0, 0.05) is 29.9 Å². The summed E-state index contributed by atoms with van der Waals surface area (Å²) < 4.78 is 13.0. The number of halogens is 1. The molecule has 0 radical (unpaired) electrons. The van der Waals surface area contributed by atoms with E-state index in [4.69, 9.17) is 26.2 Å². The lowest BCUT2D eigenvalue weighted by Crippen LogP contribution is -2.42. The van der Waals surface area contributed by atoms with Crippen LogP contribution in [0.1, 0.15) is 48.4 Å². The highest BCUT2D eigenvalue weighted by atomic mass is 35.5. The molecule has 0 bridgehead atoms. The lowest BCUT2D eigenvalue weighted by molar-refractivity contribution is -0.123. The largest absolute Gasteiger partial charge is 0.454 e. The van der Waals surface area contributed by atoms with Crippen LogP contribution in [0.5, 0.6) is 11.5 Å². The summed E-state index contributed by atoms with van der Waals surface area (Å²) in [5.74, 6) is 1.55. The predicted molar refractivity (Wildman–Crippen MR) is 163 cm³/mol. The molecule has 11 heteroatoms. The van der Waals surface area contributed by atoms with Gasteiger partial charge in [0.15, 0.2) is 11.5 Å². The monoisotopic (exact) mass is 603 g/mol. The Morgan fingerprint density at radius 1 is 1.10 bits per heavy atom. The second-order valence-corrected chi connectivity index (χ2v) is 12.6. The fraction of sp³-hybridized carbons (Fsp3) is 0.290. The minimum Gasteiger partial charge on any atom is -0.454 e. The van der Waals surface area contributed by atoms with Gasteiger partial charge in [0.1, 0.15) is 12.4 Å². The molecule has 6 rings (SSSR count). The van der Waals surface area contributed by atoms with Gasteiger partial charge in [0.2, 0.25) is 18.6 Å². The van der Waals surface area contributed by atoms with Crippen molar-refractivity contribution in [2.24, 2.45) is 0 Å². The van der Waals surface area contributed by atoms with Crippen LogP contribution in [-0.4, -0.2) is 45.7 Å². The van der Waals surface area contributed by atoms with E-state index < -0.39 is 5.41 Å². The van der Waals surface area contributed by atoms with E-state index in [1.54, 1.807) is 28.0 Å². The molecule has 0 unspecified atom stereocenters. The van der Waals surface area contributed by atoms with Crippen molar-refractivity contribution in [2.75, 3.05) is 24.0 Å². The zero-order valence-electron chi connectivity index (χ0n) is 23.5. The molecular formula is C31H30ClN5O4S. The van der Waals surface area contributed by atoms with Crippen molar-refractivity contribution in [3.63, 3.8) is 0 Å². The van der Waals surface area contributed by atoms with E-state index in [-0.39, 0.29) is 36.2 Å². The van der Waals surface area contributed by atoms with Gasteiger partial charge in [-0.25, -0.2) is 4.68 Å². The van der Waals surface area contributed by atoms with Gasteiger partial charge in [0.05, 0.1) is 27.4 Å². The Morgan fingerprint density at radius 2 is 1.86 bits per heavy atom. The smallest absolute Gasteiger partial charge is 0.240 e. The number of nitrogens with one attached hydrogen (secondary N) is 1. The summed E-state index contributed by atoms with van der Waals surface area (Å²) in [6, 6.07) is 16.9. The van der Waals surface area contributed by atoms with Crippen LogP contribution in [0, 0.1) is 0 Å². The minimum atomic E-state index is -0.394. The number of hydrogen-bond donors (Lipinski definition) is 1. The quantitative estimate of drug-likeness (QED) is 0.314. The number of hydrogen-bond acceptors (Lipinski definition) is 7. The fourth-order valence-corrected chi connectivity index (χ4v) is 6.51. The molecule has 0 spiro atoms. The number of thioether (sulfide) groups is 1. The molecule has 0 saturated heterocycles. The average molecular weight is 604 g/mol. The Bertz CT molecular complexity index is 1650. The Morgan fingerprint density at radius 3 is 2.62 bits per heavy atom. The molecule has 4 heterocycles. The SMILES string of the molecule is CC(C)(C)c1nn(-c2ccccc2Cl)c2c1[C@H](c1ccc3c(c1)OCO3)SCC(=O)N2CC(=O)NCc1ccncc1. The van der Waals surface area contributed by atoms with Crippen LogP contribution in [0.15, 0.2) is 67.0 Å². The topological polar surface area (TPSA) is 98.6 Å². The number of pyridine rings is 1. The predicted octanol–water partition coefficient (Wildman–Crippen LogP) is 5.43. The van der Waals surface area contributed by atoms with Gasteiger partial charge in [-0.2, -0.15) is 5.10 Å². The summed E-state index contributed by atoms with van der Waals surface area (Å²) >= 11 is 8.21. The van der Waals surface area contributed by atoms with E-state index in [2.05, 4.69) is 31.1 Å². The summed E-state index contributed by atoms with van der Waals surface area (Å²) in [5, 5.41) is 8.25. The molecule has 1 atom stereocenters. The summed E-state index contributed by atoms with van der Waals surface area (Å²) in [6.45, 7) is 6.58. The van der Waals surface area contributed by atoms with E-state index in [0.717, 1.165) is 22.4 Å². The number of para-hydroxylation sites is 1. The number of carbonyl (C=O) groups is 2. The summed E-state index contributed by atoms with van der Waals surface area (Å²) in [4.78, 5) is 32.8. The van der Waals surface area contributed by atoms with E-state index in [1.165, 1.54) is 11.8 Å². The Hall–Kier alpha value is -4.02. The Labute approximate surface area is 253 Å². The van der Waals surface area contributed by atoms with Crippen molar-refractivity contribution in [1.82, 2.24) is 20.1 Å². The summed E-state index contributed by atoms with van der Waals surface area (Å²) in [5.41, 5.74) is 3.76. The van der Waals surface area contributed by atoms with E-state index in [1.807, 2.05) is 48.5 Å². The van der Waals surface area contributed by atoms with Gasteiger partial charge in [-0.15, -0.1) is 11.8 Å². The molecule has 2 aromatic carbocycles. The minimum absolute atomic E-state index is 0.164. The maximum atomic E-state index is 13.9. The third kappa shape index (κ3) is 5.44. The first-order chi connectivity index (χ1) is 20.2. The molecule has 4 aromatic rings. The lowest BCUT2D eigenvalue weighted by atomic mass is 9.87. The number of anilines is 1. The number of fused-ring (bicyclic) bond motifs is 2. The van der Waals surface area contributed by atoms with Crippen LogP contribution in [0.25, 0.3) is 5.69 Å². The summed E-state index contributed by atoms with van der Waals surface area (Å²) in [7, 11) is 0. The molecule has 2 aliphatic rings. The third-order valence-corrected chi connectivity index (χ3v) is 8.69. The molecule has 0 fully saturated rings. The number of aromatic nitrogens is 3. The van der Waals surface area contributed by atoms with Gasteiger partial charge in [0.25, 0.3) is 0 Å². The van der Waals surface area contributed by atoms with Crippen LogP contribution in [0.3, 0.4) is 0 Å². The molecule has 2 amide bonds. The number of amides is 2. The van der Waals surface area contributed by atoms with Crippen molar-refractivity contribution in [3.05, 3.63) is 94.4 Å². The molecule has 2 aromatic heterocycles. The number of nitrogens with zero attached hydrogens (tertiary/aromatic N) is 4. The Balaban J connectivity index is 1.49. The second-order valence-electron chi connectivity index (χ2n) is 11.1. The van der Waals surface area contributed by atoms with Gasteiger partial charge in [-0.1, -0.05) is 50.6 Å². The van der Waals surface area contributed by atoms with Crippen LogP contribution in [-0.2, 0) is 21.5 Å². The van der Waals surface area contributed by atoms with Crippen molar-refractivity contribution in [3.8, 4) is 17.2 Å². The van der Waals surface area contributed by atoms with Gasteiger partial charge >= 0.3 is 0 Å². The van der Waals surface area contributed by atoms with Gasteiger partial charge in [-0.3, -0.25) is 19.5 Å². The van der Waals surface area contributed by atoms with Crippen molar-refractivity contribution >= 4 is 41.0 Å². The zero-order valence-corrected chi connectivity index (χ0v) is 25.0. The van der Waals surface area contributed by atoms with Crippen LogP contribution < -0.4 is 19.7 Å². The average Bonchev–Trinajstić information content (AvgIpc) is 3.58. The van der Waals surface area contributed by atoms with E-state index in [9.17, 15) is 9.59 Å². The highest BCUT2D eigenvalue weighted by Crippen LogP contribution is 2.50. The second kappa shape index (κ2) is 11.3. The van der Waals surface area contributed by atoms with Crippen molar-refractivity contribution in [2.45, 2.75) is 38.0 Å². The molecule has 42 heavy (non-hydrogen) atoms. The zero-order chi connectivity index (χ0) is 29.4. The molecular weight excluding hydrogens is 574 g/mol. The Kier molecular flexibility index (Phi) is 7.59. The fourth-order valence-electron chi connectivity index (χ4n) is 5.10. The highest BCUT2D eigenvalue weighted by Gasteiger charge is 2.40. The molecule has 9 nitrogen and oxygen atoms in total. The highest BCUT2D eigenvalue weighted by molar-refractivity contribution is 8.00. The first-order valence-electron chi connectivity index (χ1n) is 13.6. The number of rotatable bonds is 6. The standard InChI is InChI=1S/C31H30ClN5O4S/c1-31(2,3)29-27-28(20-8-9-23-24(14-20)41-18-40-23)42-17-26(39)36(16-25(38)34-15-19-10-12-33-13-11-19)30(27)37(35-29)22-7-5-4-6-21(22)32/h4-14,28H,15-18H2,1-3H3,(H,34,38)/t28-/m0/s1. The normalized spacial score (nSPS) is 16.2. The van der Waals surface area contributed by atoms with Crippen molar-refractivity contribution < 1.29 is 19.1 Å². The first-order valence-corrected chi connectivity index (χ1v) is 15.0. The molecule has 216 valence electrons. The molecule has 2 aliphatic heterocycles. The molecule has 0 saturated carbocycles. The van der Waals surface area contributed by atoms with Crippen LogP contribution in [0.4, 0.5) is 5.82 Å². The molecule has 1 N–H and O–H groups in total. The number of benzene rings is 2. The molecule has 0 aliphatic carbocycles. The lowest BCUT2D eigenvalue weighted by Gasteiger charge is -2.24.